The maximum Gasteiger partial charge on any atom is 0.337 e. The van der Waals surface area contributed by atoms with Gasteiger partial charge in [-0.05, 0) is 19.1 Å². The van der Waals surface area contributed by atoms with Crippen LogP contribution in [0.4, 0.5) is 0 Å². The first-order valence-electron chi connectivity index (χ1n) is 6.06. The molecular weight excluding hydrogens is 262 g/mol. The molecule has 106 valence electrons. The highest BCUT2D eigenvalue weighted by molar-refractivity contribution is 6.01. The van der Waals surface area contributed by atoms with Crippen molar-refractivity contribution >= 4 is 22.9 Å². The molecule has 0 aliphatic carbocycles. The summed E-state index contributed by atoms with van der Waals surface area (Å²) in [7, 11) is 0. The minimum absolute atomic E-state index is 0.133. The molecule has 1 heterocycles. The van der Waals surface area contributed by atoms with E-state index in [9.17, 15) is 9.59 Å². The lowest BCUT2D eigenvalue weighted by atomic mass is 10.2. The monoisotopic (exact) mass is 277 g/mol. The number of rotatable bonds is 6. The number of hydrogen-bond donors (Lipinski definition) is 2. The number of fused-ring (bicyclic) bond motifs is 1. The molecule has 0 bridgehead atoms. The van der Waals surface area contributed by atoms with E-state index in [1.54, 1.807) is 19.1 Å². The van der Waals surface area contributed by atoms with Gasteiger partial charge in [-0.25, -0.2) is 9.78 Å². The zero-order valence-electron chi connectivity index (χ0n) is 11.0. The number of aromatic nitrogens is 2. The van der Waals surface area contributed by atoms with Gasteiger partial charge in [0.1, 0.15) is 17.9 Å². The van der Waals surface area contributed by atoms with E-state index < -0.39 is 11.9 Å². The van der Waals surface area contributed by atoms with E-state index in [1.165, 1.54) is 6.07 Å². The van der Waals surface area contributed by atoms with Gasteiger partial charge in [0.05, 0.1) is 17.7 Å². The number of primary amides is 1. The zero-order valence-corrected chi connectivity index (χ0v) is 11.0. The SMILES string of the molecule is Cc1nc2c(C(=O)O)cccc2n1CCOCC(N)=O. The van der Waals surface area contributed by atoms with Gasteiger partial charge in [-0.3, -0.25) is 4.79 Å². The van der Waals surface area contributed by atoms with E-state index in [-0.39, 0.29) is 12.2 Å². The van der Waals surface area contributed by atoms with Crippen LogP contribution in [0.3, 0.4) is 0 Å². The fourth-order valence-electron chi connectivity index (χ4n) is 2.05. The molecular formula is C13H15N3O4. The summed E-state index contributed by atoms with van der Waals surface area (Å²) in [5, 5.41) is 9.13. The molecule has 1 amide bonds. The molecule has 0 aliphatic heterocycles. The third kappa shape index (κ3) is 2.77. The van der Waals surface area contributed by atoms with Crippen molar-refractivity contribution in [3.8, 4) is 0 Å². The first-order chi connectivity index (χ1) is 9.50. The van der Waals surface area contributed by atoms with Crippen LogP contribution in [-0.4, -0.2) is 39.7 Å². The molecule has 0 saturated heterocycles. The van der Waals surface area contributed by atoms with Gasteiger partial charge in [0.15, 0.2) is 0 Å². The molecule has 1 aromatic heterocycles. The normalized spacial score (nSPS) is 10.8. The van der Waals surface area contributed by atoms with Crippen LogP contribution in [0.2, 0.25) is 0 Å². The average Bonchev–Trinajstić information content (AvgIpc) is 2.70. The van der Waals surface area contributed by atoms with Crippen LogP contribution in [0, 0.1) is 6.92 Å². The third-order valence-corrected chi connectivity index (χ3v) is 2.90. The number of carbonyl (C=O) groups excluding carboxylic acids is 1. The van der Waals surface area contributed by atoms with Crippen molar-refractivity contribution in [3.63, 3.8) is 0 Å². The Morgan fingerprint density at radius 1 is 1.45 bits per heavy atom. The van der Waals surface area contributed by atoms with Crippen molar-refractivity contribution in [2.75, 3.05) is 13.2 Å². The number of carboxylic acids is 1. The highest BCUT2D eigenvalue weighted by Crippen LogP contribution is 2.20. The quantitative estimate of drug-likeness (QED) is 0.749. The van der Waals surface area contributed by atoms with Gasteiger partial charge in [0, 0.05) is 6.54 Å². The number of carboxylic acid groups (broad SMARTS) is 1. The van der Waals surface area contributed by atoms with Gasteiger partial charge in [0.25, 0.3) is 0 Å². The van der Waals surface area contributed by atoms with E-state index in [2.05, 4.69) is 4.98 Å². The molecule has 3 N–H and O–H groups in total. The topological polar surface area (TPSA) is 107 Å². The van der Waals surface area contributed by atoms with Gasteiger partial charge in [-0.15, -0.1) is 0 Å². The van der Waals surface area contributed by atoms with Crippen molar-refractivity contribution in [1.82, 2.24) is 9.55 Å². The Bertz CT molecular complexity index is 663. The lowest BCUT2D eigenvalue weighted by Crippen LogP contribution is -2.19. The van der Waals surface area contributed by atoms with E-state index >= 15 is 0 Å². The van der Waals surface area contributed by atoms with Crippen molar-refractivity contribution in [1.29, 1.82) is 0 Å². The average molecular weight is 277 g/mol. The number of ether oxygens (including phenoxy) is 1. The highest BCUT2D eigenvalue weighted by Gasteiger charge is 2.14. The Kier molecular flexibility index (Phi) is 3.99. The second kappa shape index (κ2) is 5.70. The number of nitrogens with two attached hydrogens (primary N) is 1. The summed E-state index contributed by atoms with van der Waals surface area (Å²) in [6, 6.07) is 4.99. The van der Waals surface area contributed by atoms with Crippen LogP contribution in [0.5, 0.6) is 0 Å². The molecule has 0 saturated carbocycles. The minimum Gasteiger partial charge on any atom is -0.478 e. The smallest absolute Gasteiger partial charge is 0.337 e. The number of carbonyl (C=O) groups is 2. The summed E-state index contributed by atoms with van der Waals surface area (Å²) in [6.45, 7) is 2.43. The number of hydrogen-bond acceptors (Lipinski definition) is 4. The van der Waals surface area contributed by atoms with Crippen LogP contribution in [0.1, 0.15) is 16.2 Å². The first kappa shape index (κ1) is 14.0. The summed E-state index contributed by atoms with van der Waals surface area (Å²) in [5.74, 6) is -0.841. The van der Waals surface area contributed by atoms with E-state index in [4.69, 9.17) is 15.6 Å². The fourth-order valence-corrected chi connectivity index (χ4v) is 2.05. The maximum atomic E-state index is 11.1. The number of nitrogens with zero attached hydrogens (tertiary/aromatic N) is 2. The zero-order chi connectivity index (χ0) is 14.7. The second-order valence-corrected chi connectivity index (χ2v) is 4.31. The largest absolute Gasteiger partial charge is 0.478 e. The predicted octanol–water partition coefficient (Wildman–Crippen LogP) is 0.545. The lowest BCUT2D eigenvalue weighted by Gasteiger charge is -2.07. The molecule has 0 unspecified atom stereocenters. The maximum absolute atomic E-state index is 11.1. The summed E-state index contributed by atoms with van der Waals surface area (Å²) < 4.78 is 6.96. The van der Waals surface area contributed by atoms with Gasteiger partial charge in [0.2, 0.25) is 5.91 Å². The number of benzene rings is 1. The minimum atomic E-state index is -1.01. The van der Waals surface area contributed by atoms with Crippen molar-refractivity contribution in [2.24, 2.45) is 5.73 Å². The number of aromatic carboxylic acids is 1. The van der Waals surface area contributed by atoms with E-state index in [0.29, 0.717) is 24.5 Å². The molecule has 7 heteroatoms. The summed E-state index contributed by atoms with van der Waals surface area (Å²) in [4.78, 5) is 26.0. The molecule has 1 aromatic carbocycles. The van der Waals surface area contributed by atoms with E-state index in [1.807, 2.05) is 4.57 Å². The summed E-state index contributed by atoms with van der Waals surface area (Å²) >= 11 is 0. The van der Waals surface area contributed by atoms with Gasteiger partial charge in [-0.1, -0.05) is 6.07 Å². The number of aryl methyl sites for hydroxylation is 1. The Morgan fingerprint density at radius 2 is 2.20 bits per heavy atom. The van der Waals surface area contributed by atoms with Crippen LogP contribution >= 0.6 is 0 Å². The van der Waals surface area contributed by atoms with Crippen molar-refractivity contribution < 1.29 is 19.4 Å². The molecule has 20 heavy (non-hydrogen) atoms. The summed E-state index contributed by atoms with van der Waals surface area (Å²) in [6.07, 6.45) is 0. The molecule has 0 aliphatic rings. The number of amides is 1. The molecule has 0 fully saturated rings. The third-order valence-electron chi connectivity index (χ3n) is 2.90. The molecule has 2 aromatic rings. The fraction of sp³-hybridized carbons (Fsp3) is 0.308. The van der Waals surface area contributed by atoms with Crippen LogP contribution in [-0.2, 0) is 16.1 Å². The molecule has 0 spiro atoms. The van der Waals surface area contributed by atoms with Crippen LogP contribution in [0.25, 0.3) is 11.0 Å². The number of para-hydroxylation sites is 1. The standard InChI is InChI=1S/C13H15N3O4/c1-8-15-12-9(13(18)19)3-2-4-10(12)16(8)5-6-20-7-11(14)17/h2-4H,5-7H2,1H3,(H2,14,17)(H,18,19). The first-order valence-corrected chi connectivity index (χ1v) is 6.06. The highest BCUT2D eigenvalue weighted by atomic mass is 16.5. The van der Waals surface area contributed by atoms with E-state index in [0.717, 1.165) is 5.52 Å². The Hall–Kier alpha value is -2.41. The van der Waals surface area contributed by atoms with Gasteiger partial charge in [-0.2, -0.15) is 0 Å². The molecule has 0 atom stereocenters. The molecule has 7 nitrogen and oxygen atoms in total. The van der Waals surface area contributed by atoms with Gasteiger partial charge >= 0.3 is 5.97 Å². The Morgan fingerprint density at radius 3 is 2.85 bits per heavy atom. The van der Waals surface area contributed by atoms with Crippen LogP contribution in [0.15, 0.2) is 18.2 Å². The molecule has 2 rings (SSSR count). The second-order valence-electron chi connectivity index (χ2n) is 4.31. The predicted molar refractivity (Wildman–Crippen MR) is 71.4 cm³/mol. The lowest BCUT2D eigenvalue weighted by molar-refractivity contribution is -0.122. The Labute approximate surface area is 115 Å². The van der Waals surface area contributed by atoms with Crippen molar-refractivity contribution in [2.45, 2.75) is 13.5 Å². The van der Waals surface area contributed by atoms with Crippen molar-refractivity contribution in [3.05, 3.63) is 29.6 Å². The summed E-state index contributed by atoms with van der Waals surface area (Å²) in [5.41, 5.74) is 6.32. The molecule has 0 radical (unpaired) electrons. The van der Waals surface area contributed by atoms with Gasteiger partial charge < -0.3 is 20.1 Å². The Balaban J connectivity index is 2.25. The number of imidazole rings is 1. The van der Waals surface area contributed by atoms with Crippen LogP contribution < -0.4 is 5.73 Å².